The van der Waals surface area contributed by atoms with E-state index in [0.717, 1.165) is 16.9 Å². The third-order valence-electron chi connectivity index (χ3n) is 4.60. The van der Waals surface area contributed by atoms with Gasteiger partial charge in [0, 0.05) is 17.5 Å². The largest absolute Gasteiger partial charge is 0.383 e. The second-order valence-electron chi connectivity index (χ2n) is 6.76. The average Bonchev–Trinajstić information content (AvgIpc) is 3.26. The summed E-state index contributed by atoms with van der Waals surface area (Å²) in [6, 6.07) is 13.1. The van der Waals surface area contributed by atoms with E-state index in [9.17, 15) is 14.4 Å². The molecule has 0 bridgehead atoms. The number of nitrogen functional groups attached to an aromatic ring is 1. The SMILES string of the molecule is CCCCN(C(=O)/C=C/c1cccs1)c1c(N)n(Cc2ccccc2)c(=O)[nH]c1=O. The molecule has 8 heteroatoms. The van der Waals surface area contributed by atoms with Crippen molar-refractivity contribution in [2.75, 3.05) is 17.2 Å². The van der Waals surface area contributed by atoms with E-state index in [-0.39, 0.29) is 24.0 Å². The summed E-state index contributed by atoms with van der Waals surface area (Å²) in [7, 11) is 0. The number of hydrogen-bond donors (Lipinski definition) is 2. The summed E-state index contributed by atoms with van der Waals surface area (Å²) >= 11 is 1.51. The first-order valence-corrected chi connectivity index (χ1v) is 10.6. The molecule has 0 saturated carbocycles. The number of aromatic amines is 1. The predicted molar refractivity (Wildman–Crippen MR) is 122 cm³/mol. The smallest absolute Gasteiger partial charge is 0.330 e. The van der Waals surface area contributed by atoms with Crippen molar-refractivity contribution in [1.29, 1.82) is 0 Å². The van der Waals surface area contributed by atoms with Crippen molar-refractivity contribution in [2.24, 2.45) is 0 Å². The molecule has 0 aliphatic carbocycles. The minimum Gasteiger partial charge on any atom is -0.383 e. The van der Waals surface area contributed by atoms with E-state index in [2.05, 4.69) is 4.98 Å². The van der Waals surface area contributed by atoms with Gasteiger partial charge in [-0.05, 0) is 29.5 Å². The van der Waals surface area contributed by atoms with E-state index < -0.39 is 11.2 Å². The van der Waals surface area contributed by atoms with E-state index >= 15 is 0 Å². The number of nitrogens with two attached hydrogens (primary N) is 1. The lowest BCUT2D eigenvalue weighted by molar-refractivity contribution is -0.114. The molecule has 7 nitrogen and oxygen atoms in total. The van der Waals surface area contributed by atoms with E-state index in [4.69, 9.17) is 5.73 Å². The summed E-state index contributed by atoms with van der Waals surface area (Å²) in [6.07, 6.45) is 4.65. The van der Waals surface area contributed by atoms with Gasteiger partial charge in [0.05, 0.1) is 6.54 Å². The third-order valence-corrected chi connectivity index (χ3v) is 5.44. The van der Waals surface area contributed by atoms with Crippen LogP contribution >= 0.6 is 11.3 Å². The van der Waals surface area contributed by atoms with Gasteiger partial charge in [-0.1, -0.05) is 49.7 Å². The Kier molecular flexibility index (Phi) is 7.03. The van der Waals surface area contributed by atoms with Crippen LogP contribution in [0, 0.1) is 0 Å². The fourth-order valence-electron chi connectivity index (χ4n) is 3.04. The van der Waals surface area contributed by atoms with E-state index in [1.54, 1.807) is 6.08 Å². The van der Waals surface area contributed by atoms with Gasteiger partial charge in [-0.15, -0.1) is 11.3 Å². The summed E-state index contributed by atoms with van der Waals surface area (Å²) < 4.78 is 1.28. The van der Waals surface area contributed by atoms with Crippen LogP contribution in [0.4, 0.5) is 11.5 Å². The number of anilines is 2. The summed E-state index contributed by atoms with van der Waals surface area (Å²) in [5, 5.41) is 1.92. The summed E-state index contributed by atoms with van der Waals surface area (Å²) in [5.41, 5.74) is 5.84. The van der Waals surface area contributed by atoms with Gasteiger partial charge in [0.2, 0.25) is 0 Å². The molecule has 0 saturated heterocycles. The van der Waals surface area contributed by atoms with Crippen molar-refractivity contribution in [3.63, 3.8) is 0 Å². The van der Waals surface area contributed by atoms with Crippen molar-refractivity contribution in [2.45, 2.75) is 26.3 Å². The second kappa shape index (κ2) is 9.89. The molecule has 156 valence electrons. The number of nitrogens with one attached hydrogen (secondary N) is 1. The van der Waals surface area contributed by atoms with Crippen LogP contribution in [0.25, 0.3) is 6.08 Å². The van der Waals surface area contributed by atoms with Gasteiger partial charge in [0.1, 0.15) is 5.82 Å². The maximum absolute atomic E-state index is 13.0. The first-order chi connectivity index (χ1) is 14.5. The molecule has 2 aromatic heterocycles. The molecule has 30 heavy (non-hydrogen) atoms. The molecule has 1 amide bonds. The number of amides is 1. The van der Waals surface area contributed by atoms with E-state index in [0.29, 0.717) is 13.0 Å². The molecular formula is C22H24N4O3S. The van der Waals surface area contributed by atoms with E-state index in [1.165, 1.54) is 26.9 Å². The maximum atomic E-state index is 13.0. The molecule has 0 spiro atoms. The zero-order valence-electron chi connectivity index (χ0n) is 16.7. The van der Waals surface area contributed by atoms with Crippen LogP contribution in [0.2, 0.25) is 0 Å². The molecule has 1 aromatic carbocycles. The Morgan fingerprint density at radius 1 is 1.20 bits per heavy atom. The van der Waals surface area contributed by atoms with Crippen molar-refractivity contribution in [3.8, 4) is 0 Å². The monoisotopic (exact) mass is 424 g/mol. The zero-order valence-corrected chi connectivity index (χ0v) is 17.5. The highest BCUT2D eigenvalue weighted by Gasteiger charge is 2.22. The van der Waals surface area contributed by atoms with Crippen molar-refractivity contribution in [1.82, 2.24) is 9.55 Å². The van der Waals surface area contributed by atoms with Gasteiger partial charge < -0.3 is 10.6 Å². The number of carbonyl (C=O) groups is 1. The number of nitrogens with zero attached hydrogens (tertiary/aromatic N) is 2. The lowest BCUT2D eigenvalue weighted by Gasteiger charge is -2.23. The minimum absolute atomic E-state index is 0.000175. The number of hydrogen-bond acceptors (Lipinski definition) is 5. The van der Waals surface area contributed by atoms with Gasteiger partial charge in [0.25, 0.3) is 11.5 Å². The summed E-state index contributed by atoms with van der Waals surface area (Å²) in [5.74, 6) is -0.388. The number of thiophene rings is 1. The van der Waals surface area contributed by atoms with Gasteiger partial charge >= 0.3 is 5.69 Å². The Morgan fingerprint density at radius 2 is 1.97 bits per heavy atom. The van der Waals surface area contributed by atoms with Crippen molar-refractivity contribution in [3.05, 3.63) is 85.2 Å². The minimum atomic E-state index is -0.671. The molecule has 0 radical (unpaired) electrons. The molecule has 2 heterocycles. The number of unbranched alkanes of at least 4 members (excludes halogenated alkanes) is 1. The molecule has 3 aromatic rings. The average molecular weight is 425 g/mol. The number of carbonyl (C=O) groups excluding carboxylic acids is 1. The Hall–Kier alpha value is -3.39. The lowest BCUT2D eigenvalue weighted by Crippen LogP contribution is -2.41. The van der Waals surface area contributed by atoms with Crippen LogP contribution in [-0.4, -0.2) is 22.0 Å². The fourth-order valence-corrected chi connectivity index (χ4v) is 3.66. The van der Waals surface area contributed by atoms with Gasteiger partial charge in [-0.3, -0.25) is 19.1 Å². The standard InChI is InChI=1S/C22H24N4O3S/c1-2-3-13-25(18(27)12-11-17-10-7-14-30-17)19-20(23)26(22(29)24-21(19)28)15-16-8-5-4-6-9-16/h4-12,14H,2-3,13,15,23H2,1H3,(H,24,28,29)/b12-11+. The molecule has 0 unspecified atom stereocenters. The normalized spacial score (nSPS) is 11.1. The van der Waals surface area contributed by atoms with Crippen LogP contribution in [0.3, 0.4) is 0 Å². The second-order valence-corrected chi connectivity index (χ2v) is 7.74. The topological polar surface area (TPSA) is 101 Å². The number of benzene rings is 1. The van der Waals surface area contributed by atoms with Crippen LogP contribution in [-0.2, 0) is 11.3 Å². The first kappa shape index (κ1) is 21.3. The lowest BCUT2D eigenvalue weighted by atomic mass is 10.2. The van der Waals surface area contributed by atoms with Gasteiger partial charge in [0.15, 0.2) is 5.69 Å². The van der Waals surface area contributed by atoms with Crippen LogP contribution < -0.4 is 21.9 Å². The molecular weight excluding hydrogens is 400 g/mol. The number of rotatable bonds is 8. The van der Waals surface area contributed by atoms with E-state index in [1.807, 2.05) is 54.8 Å². The quantitative estimate of drug-likeness (QED) is 0.543. The Labute approximate surface area is 178 Å². The molecule has 0 fully saturated rings. The van der Waals surface area contributed by atoms with Gasteiger partial charge in [-0.25, -0.2) is 4.79 Å². The number of H-pyrrole nitrogens is 1. The molecule has 3 rings (SSSR count). The zero-order chi connectivity index (χ0) is 21.5. The highest BCUT2D eigenvalue weighted by Crippen LogP contribution is 2.20. The van der Waals surface area contributed by atoms with Crippen molar-refractivity contribution >= 4 is 34.8 Å². The third kappa shape index (κ3) is 4.96. The Bertz CT molecular complexity index is 1130. The first-order valence-electron chi connectivity index (χ1n) is 9.71. The van der Waals surface area contributed by atoms with Gasteiger partial charge in [-0.2, -0.15) is 0 Å². The maximum Gasteiger partial charge on any atom is 0.330 e. The molecule has 0 atom stereocenters. The molecule has 3 N–H and O–H groups in total. The Morgan fingerprint density at radius 3 is 2.63 bits per heavy atom. The predicted octanol–water partition coefficient (Wildman–Crippen LogP) is 3.08. The van der Waals surface area contributed by atoms with Crippen LogP contribution in [0.1, 0.15) is 30.2 Å². The van der Waals surface area contributed by atoms with Crippen LogP contribution in [0.5, 0.6) is 0 Å². The highest BCUT2D eigenvalue weighted by molar-refractivity contribution is 7.10. The summed E-state index contributed by atoms with van der Waals surface area (Å²) in [6.45, 7) is 2.51. The summed E-state index contributed by atoms with van der Waals surface area (Å²) in [4.78, 5) is 42.6. The molecule has 0 aliphatic rings. The highest BCUT2D eigenvalue weighted by atomic mass is 32.1. The van der Waals surface area contributed by atoms with Crippen LogP contribution in [0.15, 0.2) is 63.5 Å². The van der Waals surface area contributed by atoms with Crippen molar-refractivity contribution < 1.29 is 4.79 Å². The Balaban J connectivity index is 2.01. The fraction of sp³-hybridized carbons (Fsp3) is 0.227. The number of aromatic nitrogens is 2. The molecule has 0 aliphatic heterocycles.